The average molecular weight is 406 g/mol. The van der Waals surface area contributed by atoms with Crippen molar-refractivity contribution in [2.45, 2.75) is 39.3 Å². The van der Waals surface area contributed by atoms with E-state index in [4.69, 9.17) is 4.74 Å². The lowest BCUT2D eigenvalue weighted by atomic mass is 10.2. The normalized spacial score (nSPS) is 17.9. The second-order valence-corrected chi connectivity index (χ2v) is 7.47. The average Bonchev–Trinajstić information content (AvgIpc) is 3.52. The minimum absolute atomic E-state index is 0.124. The first-order valence-corrected chi connectivity index (χ1v) is 10.5. The molecule has 7 nitrogen and oxygen atoms in total. The van der Waals surface area contributed by atoms with Gasteiger partial charge in [0.05, 0.1) is 19.7 Å². The summed E-state index contributed by atoms with van der Waals surface area (Å²) in [5.74, 6) is 0.861. The van der Waals surface area contributed by atoms with Gasteiger partial charge in [-0.15, -0.1) is 0 Å². The molecule has 1 aliphatic heterocycles. The highest BCUT2D eigenvalue weighted by atomic mass is 19.1. The molecular formula is C21H32FN5O2. The third kappa shape index (κ3) is 6.59. The summed E-state index contributed by atoms with van der Waals surface area (Å²) in [5.41, 5.74) is 0.803. The van der Waals surface area contributed by atoms with Crippen LogP contribution in [-0.4, -0.2) is 73.6 Å². The van der Waals surface area contributed by atoms with Crippen molar-refractivity contribution in [3.63, 3.8) is 0 Å². The van der Waals surface area contributed by atoms with Crippen LogP contribution in [0.3, 0.4) is 0 Å². The van der Waals surface area contributed by atoms with E-state index in [0.29, 0.717) is 25.7 Å². The summed E-state index contributed by atoms with van der Waals surface area (Å²) in [4.78, 5) is 21.1. The predicted octanol–water partition coefficient (Wildman–Crippen LogP) is 1.59. The first-order chi connectivity index (χ1) is 14.1. The van der Waals surface area contributed by atoms with E-state index >= 15 is 0 Å². The number of ether oxygens (including phenoxy) is 1. The van der Waals surface area contributed by atoms with Gasteiger partial charge in [-0.2, -0.15) is 0 Å². The molecule has 0 unspecified atom stereocenters. The molecule has 1 aromatic carbocycles. The Hall–Kier alpha value is -2.35. The van der Waals surface area contributed by atoms with E-state index in [1.807, 2.05) is 19.9 Å². The zero-order chi connectivity index (χ0) is 20.6. The Morgan fingerprint density at radius 2 is 2.00 bits per heavy atom. The lowest BCUT2D eigenvalue weighted by Gasteiger charge is -2.36. The molecule has 0 spiro atoms. The fourth-order valence-corrected chi connectivity index (χ4v) is 3.33. The standard InChI is InChI=1S/C21H32FN5O2/c1-3-23-21(24-14-16-5-8-19(29-4-2)18(22)13-16)27-11-9-26(10-12-27)15-20(28)25-17-6-7-17/h5,8,13,17H,3-4,6-7,9-12,14-15H2,1-2H3,(H,23,24)(H,25,28). The lowest BCUT2D eigenvalue weighted by molar-refractivity contribution is -0.122. The Morgan fingerprint density at radius 1 is 1.24 bits per heavy atom. The van der Waals surface area contributed by atoms with Crippen LogP contribution in [0.5, 0.6) is 5.75 Å². The smallest absolute Gasteiger partial charge is 0.234 e. The molecular weight excluding hydrogens is 373 g/mol. The number of carbonyl (C=O) groups is 1. The molecule has 8 heteroatoms. The maximum atomic E-state index is 14.1. The number of hydrogen-bond acceptors (Lipinski definition) is 4. The van der Waals surface area contributed by atoms with E-state index in [1.54, 1.807) is 6.07 Å². The number of halogens is 1. The molecule has 3 rings (SSSR count). The summed E-state index contributed by atoms with van der Waals surface area (Å²) < 4.78 is 19.3. The second-order valence-electron chi connectivity index (χ2n) is 7.47. The van der Waals surface area contributed by atoms with Gasteiger partial charge < -0.3 is 20.3 Å². The van der Waals surface area contributed by atoms with Gasteiger partial charge >= 0.3 is 0 Å². The van der Waals surface area contributed by atoms with E-state index < -0.39 is 0 Å². The maximum Gasteiger partial charge on any atom is 0.234 e. The molecule has 0 atom stereocenters. The summed E-state index contributed by atoms with van der Waals surface area (Å²) >= 11 is 0. The third-order valence-electron chi connectivity index (χ3n) is 5.02. The number of amides is 1. The molecule has 1 aliphatic carbocycles. The predicted molar refractivity (Wildman–Crippen MR) is 112 cm³/mol. The largest absolute Gasteiger partial charge is 0.491 e. The van der Waals surface area contributed by atoms with Gasteiger partial charge in [0.1, 0.15) is 0 Å². The Balaban J connectivity index is 1.52. The van der Waals surface area contributed by atoms with Gasteiger partial charge in [0.25, 0.3) is 0 Å². The molecule has 160 valence electrons. The third-order valence-corrected chi connectivity index (χ3v) is 5.02. The minimum atomic E-state index is -0.359. The Labute approximate surface area is 172 Å². The number of nitrogens with one attached hydrogen (secondary N) is 2. The first-order valence-electron chi connectivity index (χ1n) is 10.5. The highest BCUT2D eigenvalue weighted by Gasteiger charge is 2.25. The summed E-state index contributed by atoms with van der Waals surface area (Å²) in [6.45, 7) is 9.18. The second kappa shape index (κ2) is 10.4. The van der Waals surface area contributed by atoms with Crippen LogP contribution in [0.2, 0.25) is 0 Å². The van der Waals surface area contributed by atoms with Crippen molar-refractivity contribution in [1.29, 1.82) is 0 Å². The SMILES string of the molecule is CCNC(=NCc1ccc(OCC)c(F)c1)N1CCN(CC(=O)NC2CC2)CC1. The van der Waals surface area contributed by atoms with Crippen LogP contribution in [0, 0.1) is 5.82 Å². The van der Waals surface area contributed by atoms with E-state index in [0.717, 1.165) is 57.1 Å². The van der Waals surface area contributed by atoms with Gasteiger partial charge in [-0.05, 0) is 44.4 Å². The van der Waals surface area contributed by atoms with Crippen molar-refractivity contribution < 1.29 is 13.9 Å². The van der Waals surface area contributed by atoms with Crippen LogP contribution in [-0.2, 0) is 11.3 Å². The van der Waals surface area contributed by atoms with E-state index in [-0.39, 0.29) is 17.5 Å². The minimum Gasteiger partial charge on any atom is -0.491 e. The quantitative estimate of drug-likeness (QED) is 0.508. The Kier molecular flexibility index (Phi) is 7.69. The Bertz CT molecular complexity index is 715. The van der Waals surface area contributed by atoms with Gasteiger partial charge in [-0.25, -0.2) is 9.38 Å². The van der Waals surface area contributed by atoms with E-state index in [2.05, 4.69) is 25.4 Å². The van der Waals surface area contributed by atoms with Crippen LogP contribution >= 0.6 is 0 Å². The van der Waals surface area contributed by atoms with Crippen LogP contribution in [0.1, 0.15) is 32.3 Å². The maximum absolute atomic E-state index is 14.1. The van der Waals surface area contributed by atoms with E-state index in [1.165, 1.54) is 6.07 Å². The van der Waals surface area contributed by atoms with Gasteiger partial charge in [0.15, 0.2) is 17.5 Å². The van der Waals surface area contributed by atoms with Crippen LogP contribution in [0.4, 0.5) is 4.39 Å². The lowest BCUT2D eigenvalue weighted by Crippen LogP contribution is -2.54. The molecule has 1 aromatic rings. The molecule has 1 amide bonds. The number of piperazine rings is 1. The van der Waals surface area contributed by atoms with Crippen molar-refractivity contribution >= 4 is 11.9 Å². The monoisotopic (exact) mass is 405 g/mol. The van der Waals surface area contributed by atoms with Crippen LogP contribution < -0.4 is 15.4 Å². The fourth-order valence-electron chi connectivity index (χ4n) is 3.33. The van der Waals surface area contributed by atoms with Crippen molar-refractivity contribution in [1.82, 2.24) is 20.4 Å². The summed E-state index contributed by atoms with van der Waals surface area (Å²) in [5, 5.41) is 6.36. The van der Waals surface area contributed by atoms with Crippen molar-refractivity contribution in [3.8, 4) is 5.75 Å². The number of aliphatic imine (C=N–C) groups is 1. The zero-order valence-electron chi connectivity index (χ0n) is 17.4. The van der Waals surface area contributed by atoms with Crippen LogP contribution in [0.25, 0.3) is 0 Å². The number of nitrogens with zero attached hydrogens (tertiary/aromatic N) is 3. The van der Waals surface area contributed by atoms with Crippen molar-refractivity contribution in [3.05, 3.63) is 29.6 Å². The number of hydrogen-bond donors (Lipinski definition) is 2. The van der Waals surface area contributed by atoms with Gasteiger partial charge in [0.2, 0.25) is 5.91 Å². The Morgan fingerprint density at radius 3 is 2.62 bits per heavy atom. The summed E-state index contributed by atoms with van der Waals surface area (Å²) in [6, 6.07) is 5.39. The highest BCUT2D eigenvalue weighted by molar-refractivity contribution is 5.80. The molecule has 1 saturated carbocycles. The van der Waals surface area contributed by atoms with Crippen LogP contribution in [0.15, 0.2) is 23.2 Å². The molecule has 0 radical (unpaired) electrons. The molecule has 1 saturated heterocycles. The molecule has 0 aromatic heterocycles. The fraction of sp³-hybridized carbons (Fsp3) is 0.619. The topological polar surface area (TPSA) is 69.2 Å². The van der Waals surface area contributed by atoms with E-state index in [9.17, 15) is 9.18 Å². The molecule has 2 N–H and O–H groups in total. The summed E-state index contributed by atoms with van der Waals surface area (Å²) in [7, 11) is 0. The zero-order valence-corrected chi connectivity index (χ0v) is 17.4. The molecule has 29 heavy (non-hydrogen) atoms. The number of guanidine groups is 1. The molecule has 0 bridgehead atoms. The molecule has 1 heterocycles. The van der Waals surface area contributed by atoms with Crippen molar-refractivity contribution in [2.24, 2.45) is 4.99 Å². The number of benzene rings is 1. The van der Waals surface area contributed by atoms with Gasteiger partial charge in [-0.1, -0.05) is 6.07 Å². The molecule has 2 aliphatic rings. The first kappa shape index (κ1) is 21.4. The van der Waals surface area contributed by atoms with Gasteiger partial charge in [0, 0.05) is 38.8 Å². The number of carbonyl (C=O) groups excluding carboxylic acids is 1. The van der Waals surface area contributed by atoms with Crippen molar-refractivity contribution in [2.75, 3.05) is 45.9 Å². The highest BCUT2D eigenvalue weighted by Crippen LogP contribution is 2.19. The molecule has 2 fully saturated rings. The number of rotatable bonds is 8. The summed E-state index contributed by atoms with van der Waals surface area (Å²) in [6.07, 6.45) is 2.22. The van der Waals surface area contributed by atoms with Gasteiger partial charge in [-0.3, -0.25) is 9.69 Å².